The van der Waals surface area contributed by atoms with Crippen LogP contribution in [0.4, 0.5) is 0 Å². The van der Waals surface area contributed by atoms with E-state index in [4.69, 9.17) is 14.2 Å². The number of hydrogen-bond acceptors (Lipinski definition) is 4. The molecule has 4 nitrogen and oxygen atoms in total. The molecular formula is C22H28O4. The van der Waals surface area contributed by atoms with Gasteiger partial charge in [0.05, 0.1) is 21.3 Å². The standard InChI is InChI=1S/C22H28O4/c1-24-18-9-14(10-19(25-2)21(18)26-3)4-5-20(23)22-11-15-6-16(12-22)8-17(7-15)13-22/h4-5,9-10,15-17H,6-8,11-13H2,1-3H3. The fraction of sp³-hybridized carbons (Fsp3) is 0.591. The van der Waals surface area contributed by atoms with Crippen LogP contribution in [0, 0.1) is 23.2 Å². The van der Waals surface area contributed by atoms with Crippen molar-refractivity contribution in [2.75, 3.05) is 21.3 Å². The Balaban J connectivity index is 1.57. The number of allylic oxidation sites excluding steroid dienone is 1. The topological polar surface area (TPSA) is 44.8 Å². The zero-order valence-electron chi connectivity index (χ0n) is 15.9. The minimum atomic E-state index is -0.0914. The number of ketones is 1. The van der Waals surface area contributed by atoms with Crippen LogP contribution >= 0.6 is 0 Å². The molecule has 4 heteroatoms. The summed E-state index contributed by atoms with van der Waals surface area (Å²) < 4.78 is 16.2. The molecule has 1 aromatic rings. The molecule has 0 aromatic heterocycles. The highest BCUT2D eigenvalue weighted by atomic mass is 16.5. The zero-order chi connectivity index (χ0) is 18.3. The average molecular weight is 356 g/mol. The summed E-state index contributed by atoms with van der Waals surface area (Å²) in [6.07, 6.45) is 11.0. The predicted octanol–water partition coefficient (Wildman–Crippen LogP) is 4.51. The minimum absolute atomic E-state index is 0.0914. The Morgan fingerprint density at radius 1 is 0.923 bits per heavy atom. The molecule has 4 fully saturated rings. The molecule has 0 unspecified atom stereocenters. The Bertz CT molecular complexity index is 673. The van der Waals surface area contributed by atoms with E-state index in [0.29, 0.717) is 23.0 Å². The van der Waals surface area contributed by atoms with Crippen molar-refractivity contribution in [1.29, 1.82) is 0 Å². The normalized spacial score (nSPS) is 32.0. The van der Waals surface area contributed by atoms with Gasteiger partial charge in [0, 0.05) is 5.41 Å². The van der Waals surface area contributed by atoms with E-state index in [1.165, 1.54) is 19.3 Å². The lowest BCUT2D eigenvalue weighted by Gasteiger charge is -2.55. The molecule has 0 radical (unpaired) electrons. The average Bonchev–Trinajstić information content (AvgIpc) is 2.63. The third-order valence-electron chi connectivity index (χ3n) is 6.68. The highest BCUT2D eigenvalue weighted by Gasteiger charge is 2.53. The quantitative estimate of drug-likeness (QED) is 0.704. The second-order valence-corrected chi connectivity index (χ2v) is 8.35. The summed E-state index contributed by atoms with van der Waals surface area (Å²) in [5, 5.41) is 0. The second kappa shape index (κ2) is 6.64. The van der Waals surface area contributed by atoms with Crippen LogP contribution in [-0.4, -0.2) is 27.1 Å². The molecule has 0 heterocycles. The molecule has 4 aliphatic rings. The van der Waals surface area contributed by atoms with E-state index in [2.05, 4.69) is 0 Å². The number of rotatable bonds is 6. The van der Waals surface area contributed by atoms with Crippen LogP contribution in [0.25, 0.3) is 6.08 Å². The van der Waals surface area contributed by atoms with E-state index >= 15 is 0 Å². The molecule has 5 rings (SSSR count). The van der Waals surface area contributed by atoms with Gasteiger partial charge in [-0.3, -0.25) is 4.79 Å². The van der Waals surface area contributed by atoms with Crippen molar-refractivity contribution in [1.82, 2.24) is 0 Å². The molecule has 26 heavy (non-hydrogen) atoms. The first-order valence-corrected chi connectivity index (χ1v) is 9.59. The van der Waals surface area contributed by atoms with Crippen LogP contribution in [0.5, 0.6) is 17.2 Å². The summed E-state index contributed by atoms with van der Waals surface area (Å²) in [5.74, 6) is 4.42. The molecule has 4 saturated carbocycles. The van der Waals surface area contributed by atoms with Crippen LogP contribution in [0.2, 0.25) is 0 Å². The number of methoxy groups -OCH3 is 3. The van der Waals surface area contributed by atoms with Gasteiger partial charge in [-0.25, -0.2) is 0 Å². The Morgan fingerprint density at radius 2 is 1.42 bits per heavy atom. The number of carbonyl (C=O) groups excluding carboxylic acids is 1. The van der Waals surface area contributed by atoms with Gasteiger partial charge in [0.1, 0.15) is 0 Å². The Morgan fingerprint density at radius 3 is 1.85 bits per heavy atom. The molecular weight excluding hydrogens is 328 g/mol. The van der Waals surface area contributed by atoms with Crippen LogP contribution in [-0.2, 0) is 4.79 Å². The lowest BCUT2D eigenvalue weighted by atomic mass is 9.48. The van der Waals surface area contributed by atoms with Gasteiger partial charge >= 0.3 is 0 Å². The lowest BCUT2D eigenvalue weighted by molar-refractivity contribution is -0.138. The molecule has 4 bridgehead atoms. The summed E-state index contributed by atoms with van der Waals surface area (Å²) in [5.41, 5.74) is 0.795. The Hall–Kier alpha value is -1.97. The Kier molecular flexibility index (Phi) is 4.45. The van der Waals surface area contributed by atoms with Gasteiger partial charge in [-0.15, -0.1) is 0 Å². The van der Waals surface area contributed by atoms with Gasteiger partial charge in [-0.2, -0.15) is 0 Å². The zero-order valence-corrected chi connectivity index (χ0v) is 15.9. The second-order valence-electron chi connectivity index (χ2n) is 8.35. The van der Waals surface area contributed by atoms with Crippen molar-refractivity contribution in [2.45, 2.75) is 38.5 Å². The fourth-order valence-corrected chi connectivity index (χ4v) is 5.96. The van der Waals surface area contributed by atoms with Gasteiger partial charge < -0.3 is 14.2 Å². The molecule has 0 aliphatic heterocycles. The molecule has 0 amide bonds. The largest absolute Gasteiger partial charge is 0.493 e. The van der Waals surface area contributed by atoms with Gasteiger partial charge in [0.15, 0.2) is 17.3 Å². The Labute approximate surface area is 155 Å². The maximum Gasteiger partial charge on any atom is 0.203 e. The highest BCUT2D eigenvalue weighted by Crippen LogP contribution is 2.60. The summed E-state index contributed by atoms with van der Waals surface area (Å²) in [6.45, 7) is 0. The maximum absolute atomic E-state index is 13.1. The van der Waals surface area contributed by atoms with Crippen LogP contribution in [0.1, 0.15) is 44.1 Å². The molecule has 0 saturated heterocycles. The third-order valence-corrected chi connectivity index (χ3v) is 6.68. The van der Waals surface area contributed by atoms with Crippen molar-refractivity contribution >= 4 is 11.9 Å². The number of ether oxygens (including phenoxy) is 3. The van der Waals surface area contributed by atoms with Crippen molar-refractivity contribution in [2.24, 2.45) is 23.2 Å². The maximum atomic E-state index is 13.1. The first-order chi connectivity index (χ1) is 12.6. The van der Waals surface area contributed by atoms with Gasteiger partial charge in [-0.05, 0) is 80.1 Å². The molecule has 1 aromatic carbocycles. The van der Waals surface area contributed by atoms with Gasteiger partial charge in [-0.1, -0.05) is 6.08 Å². The molecule has 4 aliphatic carbocycles. The summed E-state index contributed by atoms with van der Waals surface area (Å²) >= 11 is 0. The van der Waals surface area contributed by atoms with Crippen LogP contribution in [0.3, 0.4) is 0 Å². The molecule has 0 atom stereocenters. The minimum Gasteiger partial charge on any atom is -0.493 e. The van der Waals surface area contributed by atoms with Crippen molar-refractivity contribution in [3.8, 4) is 17.2 Å². The van der Waals surface area contributed by atoms with E-state index in [-0.39, 0.29) is 5.41 Å². The highest BCUT2D eigenvalue weighted by molar-refractivity contribution is 5.98. The number of hydrogen-bond donors (Lipinski definition) is 0. The molecule has 140 valence electrons. The van der Waals surface area contributed by atoms with E-state index in [1.807, 2.05) is 18.2 Å². The third kappa shape index (κ3) is 2.89. The predicted molar refractivity (Wildman–Crippen MR) is 101 cm³/mol. The van der Waals surface area contributed by atoms with Crippen molar-refractivity contribution < 1.29 is 19.0 Å². The van der Waals surface area contributed by atoms with E-state index in [1.54, 1.807) is 27.4 Å². The number of benzene rings is 1. The lowest BCUT2D eigenvalue weighted by Crippen LogP contribution is -2.49. The monoisotopic (exact) mass is 356 g/mol. The number of carbonyl (C=O) groups is 1. The molecule has 0 spiro atoms. The smallest absolute Gasteiger partial charge is 0.203 e. The van der Waals surface area contributed by atoms with E-state index < -0.39 is 0 Å². The summed E-state index contributed by atoms with van der Waals surface area (Å²) in [7, 11) is 4.79. The van der Waals surface area contributed by atoms with E-state index in [0.717, 1.165) is 42.6 Å². The van der Waals surface area contributed by atoms with Crippen molar-refractivity contribution in [3.63, 3.8) is 0 Å². The van der Waals surface area contributed by atoms with Gasteiger partial charge in [0.25, 0.3) is 0 Å². The van der Waals surface area contributed by atoms with Crippen LogP contribution < -0.4 is 14.2 Å². The first kappa shape index (κ1) is 17.4. The first-order valence-electron chi connectivity index (χ1n) is 9.59. The fourth-order valence-electron chi connectivity index (χ4n) is 5.96. The van der Waals surface area contributed by atoms with Crippen LogP contribution in [0.15, 0.2) is 18.2 Å². The summed E-state index contributed by atoms with van der Waals surface area (Å²) in [6, 6.07) is 3.76. The van der Waals surface area contributed by atoms with Gasteiger partial charge in [0.2, 0.25) is 5.75 Å². The van der Waals surface area contributed by atoms with E-state index in [9.17, 15) is 4.79 Å². The molecule has 0 N–H and O–H groups in total. The SMILES string of the molecule is COc1cc(C=CC(=O)C23CC4CC(CC(C4)C2)C3)cc(OC)c1OC. The van der Waals surface area contributed by atoms with Crippen molar-refractivity contribution in [3.05, 3.63) is 23.8 Å². The summed E-state index contributed by atoms with van der Waals surface area (Å²) in [4.78, 5) is 13.1.